The van der Waals surface area contributed by atoms with Gasteiger partial charge in [-0.2, -0.15) is 0 Å². The van der Waals surface area contributed by atoms with E-state index in [9.17, 15) is 0 Å². The molecule has 0 amide bonds. The van der Waals surface area contributed by atoms with Gasteiger partial charge in [-0.15, -0.1) is 18.0 Å². The monoisotopic (exact) mass is 232 g/mol. The third-order valence-electron chi connectivity index (χ3n) is 1.47. The fraction of sp³-hybridized carbons (Fsp3) is 0.444. The van der Waals surface area contributed by atoms with Gasteiger partial charge in [0.15, 0.2) is 5.47 Å². The van der Waals surface area contributed by atoms with Crippen LogP contribution in [-0.2, 0) is 16.3 Å². The molecule has 0 radical (unpaired) electrons. The van der Waals surface area contributed by atoms with Gasteiger partial charge in [0.25, 0.3) is 0 Å². The maximum atomic E-state index is 5.59. The molecule has 0 aromatic rings. The Morgan fingerprint density at radius 3 is 2.85 bits per heavy atom. The van der Waals surface area contributed by atoms with Crippen molar-refractivity contribution in [3.63, 3.8) is 0 Å². The molecule has 1 unspecified atom stereocenters. The van der Waals surface area contributed by atoms with Crippen LogP contribution in [0.3, 0.4) is 0 Å². The van der Waals surface area contributed by atoms with Crippen LogP contribution in [0.2, 0.25) is 0 Å². The highest BCUT2D eigenvalue weighted by atomic mass is 32.9. The summed E-state index contributed by atoms with van der Waals surface area (Å²) < 4.78 is 5.59. The number of hydrogen-bond acceptors (Lipinski definition) is 2. The Hall–Kier alpha value is 0.220. The second-order valence-electron chi connectivity index (χ2n) is 3.27. The summed E-state index contributed by atoms with van der Waals surface area (Å²) in [7, 11) is 0. The number of thiol groups is 1. The molecule has 0 aromatic carbocycles. The molecule has 4 heteroatoms. The first-order valence-corrected chi connectivity index (χ1v) is 8.01. The Kier molecular flexibility index (Phi) is 4.03. The maximum absolute atomic E-state index is 5.59. The molecule has 0 saturated heterocycles. The van der Waals surface area contributed by atoms with Gasteiger partial charge in [0.2, 0.25) is 0 Å². The molecule has 0 bridgehead atoms. The molecule has 0 saturated carbocycles. The summed E-state index contributed by atoms with van der Waals surface area (Å²) in [5.74, 6) is 0.490. The molecule has 72 valence electrons. The third-order valence-corrected chi connectivity index (χ3v) is 4.75. The molecule has 1 aliphatic rings. The number of rotatable bonds is 4. The predicted octanol–water partition coefficient (Wildman–Crippen LogP) is 3.51. The van der Waals surface area contributed by atoms with E-state index in [4.69, 9.17) is 16.3 Å². The Labute approximate surface area is 89.8 Å². The summed E-state index contributed by atoms with van der Waals surface area (Å²) in [6.45, 7) is 4.86. The van der Waals surface area contributed by atoms with Crippen LogP contribution in [-0.4, -0.2) is 6.61 Å². The molecule has 0 fully saturated rings. The highest BCUT2D eigenvalue weighted by molar-refractivity contribution is 8.63. The van der Waals surface area contributed by atoms with Crippen LogP contribution in [0.4, 0.5) is 0 Å². The smallest absolute Gasteiger partial charge is 0.153 e. The average Bonchev–Trinajstić information content (AvgIpc) is 2.53. The van der Waals surface area contributed by atoms with E-state index in [1.807, 2.05) is 18.2 Å². The summed E-state index contributed by atoms with van der Waals surface area (Å²) in [6.07, 6.45) is 5.67. The minimum absolute atomic E-state index is 0.490. The minimum Gasteiger partial charge on any atom is -0.338 e. The lowest BCUT2D eigenvalue weighted by atomic mass is 10.2. The molecule has 13 heavy (non-hydrogen) atoms. The second kappa shape index (κ2) is 4.63. The molecule has 1 aliphatic carbocycles. The lowest BCUT2D eigenvalue weighted by Crippen LogP contribution is -1.98. The first kappa shape index (κ1) is 11.3. The van der Waals surface area contributed by atoms with Gasteiger partial charge < -0.3 is 4.52 Å². The van der Waals surface area contributed by atoms with Crippen LogP contribution < -0.4 is 0 Å². The average molecular weight is 232 g/mol. The van der Waals surface area contributed by atoms with Gasteiger partial charge in [0.05, 0.1) is 11.9 Å². The summed E-state index contributed by atoms with van der Waals surface area (Å²) in [4.78, 5) is 0. The quantitative estimate of drug-likeness (QED) is 0.451. The van der Waals surface area contributed by atoms with Crippen LogP contribution in [0.1, 0.15) is 13.8 Å². The van der Waals surface area contributed by atoms with Crippen molar-refractivity contribution in [1.82, 2.24) is 0 Å². The predicted molar refractivity (Wildman–Crippen MR) is 64.8 cm³/mol. The molecule has 1 rings (SSSR count). The number of hydrogen-bond donors (Lipinski definition) is 1. The Morgan fingerprint density at radius 2 is 2.38 bits per heavy atom. The van der Waals surface area contributed by atoms with Crippen LogP contribution in [0.25, 0.3) is 0 Å². The van der Waals surface area contributed by atoms with Crippen molar-refractivity contribution in [3.05, 3.63) is 29.3 Å². The molecule has 0 aliphatic heterocycles. The zero-order chi connectivity index (χ0) is 9.90. The van der Waals surface area contributed by atoms with Gasteiger partial charge >= 0.3 is 0 Å². The maximum Gasteiger partial charge on any atom is 0.153 e. The summed E-state index contributed by atoms with van der Waals surface area (Å²) in [5, 5.41) is 0.923. The van der Waals surface area contributed by atoms with Crippen LogP contribution in [0, 0.1) is 5.92 Å². The standard InChI is InChI=1S/C9H13OPS2/c1-8(2)7-10-11(12,13)9-5-3-4-6-9/h3-5,8H,7H2,1-2H3,(H,12,13). The largest absolute Gasteiger partial charge is 0.338 e. The minimum atomic E-state index is -2.08. The molecule has 0 spiro atoms. The summed E-state index contributed by atoms with van der Waals surface area (Å²) in [5.41, 5.74) is 0.966. The Bertz CT molecular complexity index is 325. The molecule has 0 N–H and O–H groups in total. The van der Waals surface area contributed by atoms with E-state index in [1.165, 1.54) is 0 Å². The molecular weight excluding hydrogens is 219 g/mol. The van der Waals surface area contributed by atoms with E-state index >= 15 is 0 Å². The van der Waals surface area contributed by atoms with Crippen LogP contribution in [0.5, 0.6) is 0 Å². The lowest BCUT2D eigenvalue weighted by molar-refractivity contribution is 0.305. The van der Waals surface area contributed by atoms with Crippen molar-refractivity contribution in [2.75, 3.05) is 6.61 Å². The molecule has 0 heterocycles. The van der Waals surface area contributed by atoms with Gasteiger partial charge in [-0.1, -0.05) is 31.7 Å². The van der Waals surface area contributed by atoms with Gasteiger partial charge in [0, 0.05) is 0 Å². The first-order chi connectivity index (χ1) is 6.02. The summed E-state index contributed by atoms with van der Waals surface area (Å²) >= 11 is 9.69. The van der Waals surface area contributed by atoms with Crippen molar-refractivity contribution in [2.45, 2.75) is 13.8 Å². The topological polar surface area (TPSA) is 9.23 Å². The van der Waals surface area contributed by atoms with Crippen molar-refractivity contribution in [2.24, 2.45) is 5.92 Å². The fourth-order valence-corrected chi connectivity index (χ4v) is 3.06. The molecule has 1 nitrogen and oxygen atoms in total. The van der Waals surface area contributed by atoms with E-state index in [1.54, 1.807) is 0 Å². The van der Waals surface area contributed by atoms with E-state index in [2.05, 4.69) is 31.8 Å². The molecule has 1 atom stereocenters. The van der Waals surface area contributed by atoms with Gasteiger partial charge in [-0.05, 0) is 18.1 Å². The fourth-order valence-electron chi connectivity index (χ4n) is 0.816. The third kappa shape index (κ3) is 3.46. The van der Waals surface area contributed by atoms with E-state index in [0.717, 1.165) is 5.31 Å². The first-order valence-electron chi connectivity index (χ1n) is 4.13. The zero-order valence-electron chi connectivity index (χ0n) is 7.73. The SMILES string of the molecule is CC(C)COP(=S)(S)C1=C=CC=C1. The van der Waals surface area contributed by atoms with Crippen molar-refractivity contribution >= 4 is 29.5 Å². The lowest BCUT2D eigenvalue weighted by Gasteiger charge is -2.16. The Balaban J connectivity index is 2.62. The van der Waals surface area contributed by atoms with E-state index in [-0.39, 0.29) is 0 Å². The Morgan fingerprint density at radius 1 is 1.69 bits per heavy atom. The van der Waals surface area contributed by atoms with Gasteiger partial charge in [0.1, 0.15) is 0 Å². The van der Waals surface area contributed by atoms with E-state index in [0.29, 0.717) is 12.5 Å². The van der Waals surface area contributed by atoms with Crippen molar-refractivity contribution in [3.8, 4) is 0 Å². The van der Waals surface area contributed by atoms with Crippen molar-refractivity contribution in [1.29, 1.82) is 0 Å². The second-order valence-corrected chi connectivity index (χ2v) is 9.09. The van der Waals surface area contributed by atoms with Crippen LogP contribution in [0.15, 0.2) is 29.3 Å². The molecular formula is C9H13OPS2. The van der Waals surface area contributed by atoms with Gasteiger partial charge in [-0.25, -0.2) is 0 Å². The van der Waals surface area contributed by atoms with Crippen LogP contribution >= 0.6 is 17.7 Å². The van der Waals surface area contributed by atoms with Gasteiger partial charge in [-0.3, -0.25) is 0 Å². The normalized spacial score (nSPS) is 19.2. The van der Waals surface area contributed by atoms with Crippen molar-refractivity contribution < 1.29 is 4.52 Å². The highest BCUT2D eigenvalue weighted by Crippen LogP contribution is 2.60. The highest BCUT2D eigenvalue weighted by Gasteiger charge is 2.17. The summed E-state index contributed by atoms with van der Waals surface area (Å²) in [6, 6.07) is 0. The zero-order valence-corrected chi connectivity index (χ0v) is 10.3. The van der Waals surface area contributed by atoms with E-state index < -0.39 is 5.47 Å². The molecule has 0 aromatic heterocycles. The number of allylic oxidation sites excluding steroid dienone is 3.